The third kappa shape index (κ3) is 2.96. The van der Waals surface area contributed by atoms with Gasteiger partial charge in [-0.3, -0.25) is 4.79 Å². The van der Waals surface area contributed by atoms with Gasteiger partial charge in [0.1, 0.15) is 5.82 Å². The molecule has 1 aliphatic carbocycles. The van der Waals surface area contributed by atoms with E-state index in [1.165, 1.54) is 6.07 Å². The Kier molecular flexibility index (Phi) is 3.66. The molecule has 0 spiro atoms. The molecule has 0 saturated heterocycles. The Morgan fingerprint density at radius 2 is 2.11 bits per heavy atom. The van der Waals surface area contributed by atoms with E-state index in [1.54, 1.807) is 12.1 Å². The molecule has 2 unspecified atom stereocenters. The van der Waals surface area contributed by atoms with Crippen LogP contribution in [0.5, 0.6) is 0 Å². The highest BCUT2D eigenvalue weighted by Gasteiger charge is 2.40. The van der Waals surface area contributed by atoms with Crippen LogP contribution in [0, 0.1) is 24.1 Å². The van der Waals surface area contributed by atoms with Gasteiger partial charge in [-0.2, -0.15) is 0 Å². The Morgan fingerprint density at radius 1 is 1.42 bits per heavy atom. The van der Waals surface area contributed by atoms with Crippen molar-refractivity contribution < 1.29 is 14.3 Å². The van der Waals surface area contributed by atoms with Crippen LogP contribution < -0.4 is 0 Å². The van der Waals surface area contributed by atoms with Crippen molar-refractivity contribution in [2.24, 2.45) is 11.3 Å². The second kappa shape index (κ2) is 4.95. The number of halogens is 1. The van der Waals surface area contributed by atoms with E-state index < -0.39 is 11.9 Å². The molecule has 1 aliphatic rings. The van der Waals surface area contributed by atoms with Crippen LogP contribution in [0.3, 0.4) is 0 Å². The Bertz CT molecular complexity index is 494. The standard InChI is InChI=1S/C16H21FO2/c1-10-4-5-14(17)12(8-10)13-9-16(2,3)7-6-11(13)15(18)19/h4-5,8,11,13H,6-7,9H2,1-3H3,(H,18,19). The zero-order chi connectivity index (χ0) is 14.2. The molecule has 104 valence electrons. The van der Waals surface area contributed by atoms with E-state index >= 15 is 0 Å². The highest BCUT2D eigenvalue weighted by Crippen LogP contribution is 2.47. The fourth-order valence-electron chi connectivity index (χ4n) is 3.16. The molecular formula is C16H21FO2. The molecule has 0 radical (unpaired) electrons. The summed E-state index contributed by atoms with van der Waals surface area (Å²) in [6, 6.07) is 4.98. The summed E-state index contributed by atoms with van der Waals surface area (Å²) in [5.74, 6) is -1.77. The molecule has 3 heteroatoms. The van der Waals surface area contributed by atoms with Crippen molar-refractivity contribution in [3.05, 3.63) is 35.1 Å². The summed E-state index contributed by atoms with van der Waals surface area (Å²) < 4.78 is 14.0. The smallest absolute Gasteiger partial charge is 0.307 e. The topological polar surface area (TPSA) is 37.3 Å². The highest BCUT2D eigenvalue weighted by molar-refractivity contribution is 5.71. The third-order valence-corrected chi connectivity index (χ3v) is 4.26. The van der Waals surface area contributed by atoms with E-state index in [0.717, 1.165) is 18.4 Å². The molecule has 2 rings (SSSR count). The monoisotopic (exact) mass is 264 g/mol. The lowest BCUT2D eigenvalue weighted by molar-refractivity contribution is -0.144. The van der Waals surface area contributed by atoms with E-state index in [4.69, 9.17) is 0 Å². The molecule has 0 aliphatic heterocycles. The SMILES string of the molecule is Cc1ccc(F)c(C2CC(C)(C)CCC2C(=O)O)c1. The predicted molar refractivity (Wildman–Crippen MR) is 72.6 cm³/mol. The maximum atomic E-state index is 14.0. The summed E-state index contributed by atoms with van der Waals surface area (Å²) >= 11 is 0. The van der Waals surface area contributed by atoms with Crippen LogP contribution >= 0.6 is 0 Å². The number of benzene rings is 1. The molecule has 1 aromatic carbocycles. The van der Waals surface area contributed by atoms with E-state index in [1.807, 2.05) is 6.92 Å². The zero-order valence-corrected chi connectivity index (χ0v) is 11.7. The lowest BCUT2D eigenvalue weighted by Gasteiger charge is -2.39. The van der Waals surface area contributed by atoms with Gasteiger partial charge in [-0.1, -0.05) is 31.5 Å². The molecule has 1 fully saturated rings. The zero-order valence-electron chi connectivity index (χ0n) is 11.7. The molecule has 0 amide bonds. The van der Waals surface area contributed by atoms with Crippen LogP contribution in [-0.2, 0) is 4.79 Å². The number of rotatable bonds is 2. The van der Waals surface area contributed by atoms with Gasteiger partial charge in [-0.15, -0.1) is 0 Å². The number of carboxylic acids is 1. The Balaban J connectivity index is 2.41. The maximum absolute atomic E-state index is 14.0. The molecule has 1 N–H and O–H groups in total. The van der Waals surface area contributed by atoms with Crippen LogP contribution in [0.25, 0.3) is 0 Å². The van der Waals surface area contributed by atoms with E-state index in [0.29, 0.717) is 12.0 Å². The molecular weight excluding hydrogens is 243 g/mol. The lowest BCUT2D eigenvalue weighted by Crippen LogP contribution is -2.33. The van der Waals surface area contributed by atoms with Crippen molar-refractivity contribution in [2.45, 2.75) is 46.0 Å². The largest absolute Gasteiger partial charge is 0.481 e. The van der Waals surface area contributed by atoms with E-state index in [2.05, 4.69) is 13.8 Å². The number of carbonyl (C=O) groups is 1. The molecule has 0 aromatic heterocycles. The molecule has 1 aromatic rings. The van der Waals surface area contributed by atoms with Crippen LogP contribution in [0.15, 0.2) is 18.2 Å². The number of hydrogen-bond acceptors (Lipinski definition) is 1. The summed E-state index contributed by atoms with van der Waals surface area (Å²) in [6.07, 6.45) is 2.23. The van der Waals surface area contributed by atoms with Crippen molar-refractivity contribution in [3.63, 3.8) is 0 Å². The van der Waals surface area contributed by atoms with Gasteiger partial charge in [0.25, 0.3) is 0 Å². The van der Waals surface area contributed by atoms with Gasteiger partial charge in [0.15, 0.2) is 0 Å². The van der Waals surface area contributed by atoms with Gasteiger partial charge in [-0.05, 0) is 43.2 Å². The van der Waals surface area contributed by atoms with Crippen molar-refractivity contribution in [1.82, 2.24) is 0 Å². The molecule has 0 heterocycles. The number of aryl methyl sites for hydroxylation is 1. The molecule has 2 nitrogen and oxygen atoms in total. The molecule has 1 saturated carbocycles. The van der Waals surface area contributed by atoms with Gasteiger partial charge in [-0.25, -0.2) is 4.39 Å². The van der Waals surface area contributed by atoms with E-state index in [9.17, 15) is 14.3 Å². The summed E-state index contributed by atoms with van der Waals surface area (Å²) in [7, 11) is 0. The first-order chi connectivity index (χ1) is 8.80. The number of carboxylic acid groups (broad SMARTS) is 1. The summed E-state index contributed by atoms with van der Waals surface area (Å²) in [5.41, 5.74) is 1.62. The van der Waals surface area contributed by atoms with Crippen molar-refractivity contribution >= 4 is 5.97 Å². The van der Waals surface area contributed by atoms with Gasteiger partial charge in [0.2, 0.25) is 0 Å². The normalized spacial score (nSPS) is 26.1. The predicted octanol–water partition coefficient (Wildman–Crippen LogP) is 4.13. The average Bonchev–Trinajstić information content (AvgIpc) is 2.30. The third-order valence-electron chi connectivity index (χ3n) is 4.26. The Labute approximate surface area is 113 Å². The second-order valence-corrected chi connectivity index (χ2v) is 6.48. The Hall–Kier alpha value is -1.38. The molecule has 19 heavy (non-hydrogen) atoms. The van der Waals surface area contributed by atoms with Gasteiger partial charge < -0.3 is 5.11 Å². The first-order valence-electron chi connectivity index (χ1n) is 6.79. The minimum Gasteiger partial charge on any atom is -0.481 e. The summed E-state index contributed by atoms with van der Waals surface area (Å²) in [6.45, 7) is 6.17. The van der Waals surface area contributed by atoms with Gasteiger partial charge in [0, 0.05) is 5.92 Å². The fourth-order valence-corrected chi connectivity index (χ4v) is 3.16. The summed E-state index contributed by atoms with van der Waals surface area (Å²) in [5, 5.41) is 9.38. The first-order valence-corrected chi connectivity index (χ1v) is 6.79. The second-order valence-electron chi connectivity index (χ2n) is 6.48. The molecule has 2 atom stereocenters. The Morgan fingerprint density at radius 3 is 2.74 bits per heavy atom. The minimum absolute atomic E-state index is 0.0762. The maximum Gasteiger partial charge on any atom is 0.307 e. The van der Waals surface area contributed by atoms with Crippen LogP contribution in [0.2, 0.25) is 0 Å². The van der Waals surface area contributed by atoms with Gasteiger partial charge in [0.05, 0.1) is 5.92 Å². The molecule has 0 bridgehead atoms. The summed E-state index contributed by atoms with van der Waals surface area (Å²) in [4.78, 5) is 11.4. The lowest BCUT2D eigenvalue weighted by atomic mass is 9.65. The minimum atomic E-state index is -0.804. The van der Waals surface area contributed by atoms with Crippen LogP contribution in [-0.4, -0.2) is 11.1 Å². The number of aliphatic carboxylic acids is 1. The highest BCUT2D eigenvalue weighted by atomic mass is 19.1. The van der Waals surface area contributed by atoms with E-state index in [-0.39, 0.29) is 17.2 Å². The number of hydrogen-bond donors (Lipinski definition) is 1. The van der Waals surface area contributed by atoms with Crippen molar-refractivity contribution in [1.29, 1.82) is 0 Å². The van der Waals surface area contributed by atoms with Gasteiger partial charge >= 0.3 is 5.97 Å². The van der Waals surface area contributed by atoms with Crippen LogP contribution in [0.1, 0.15) is 50.2 Å². The van der Waals surface area contributed by atoms with Crippen LogP contribution in [0.4, 0.5) is 4.39 Å². The average molecular weight is 264 g/mol. The van der Waals surface area contributed by atoms with Crippen molar-refractivity contribution in [2.75, 3.05) is 0 Å². The van der Waals surface area contributed by atoms with Crippen molar-refractivity contribution in [3.8, 4) is 0 Å². The first kappa shape index (κ1) is 14.0. The quantitative estimate of drug-likeness (QED) is 0.872. The fraction of sp³-hybridized carbons (Fsp3) is 0.562.